The largest absolute Gasteiger partial charge is 0.497 e. The molecule has 2 aromatic carbocycles. The molecule has 112 valence electrons. The first-order valence-corrected chi connectivity index (χ1v) is 7.41. The highest BCUT2D eigenvalue weighted by molar-refractivity contribution is 7.55. The predicted octanol–water partition coefficient (Wildman–Crippen LogP) is 2.35. The molecule has 0 fully saturated rings. The summed E-state index contributed by atoms with van der Waals surface area (Å²) in [6, 6.07) is 11.7. The molecule has 0 aliphatic carbocycles. The Hall–Kier alpha value is -1.93. The molecule has 2 rings (SSSR count). The van der Waals surface area contributed by atoms with Crippen LogP contribution in [-0.2, 0) is 0 Å². The van der Waals surface area contributed by atoms with E-state index in [1.165, 1.54) is 0 Å². The molecule has 21 heavy (non-hydrogen) atoms. The molecule has 0 unspecified atom stereocenters. The van der Waals surface area contributed by atoms with Crippen LogP contribution in [-0.4, -0.2) is 28.4 Å². The maximum absolute atomic E-state index is 5.30. The third kappa shape index (κ3) is 4.02. The van der Waals surface area contributed by atoms with Gasteiger partial charge in [0.25, 0.3) is 0 Å². The second-order valence-electron chi connectivity index (χ2n) is 4.33. The van der Waals surface area contributed by atoms with Crippen molar-refractivity contribution in [3.05, 3.63) is 36.4 Å². The Morgan fingerprint density at radius 1 is 0.524 bits per heavy atom. The van der Waals surface area contributed by atoms with E-state index in [1.807, 2.05) is 36.4 Å². The van der Waals surface area contributed by atoms with Gasteiger partial charge in [0, 0.05) is 12.1 Å². The minimum atomic E-state index is 0.454. The summed E-state index contributed by atoms with van der Waals surface area (Å²) in [5, 5.41) is 2.25. The average molecular weight is 306 g/mol. The second kappa shape index (κ2) is 7.19. The van der Waals surface area contributed by atoms with Gasteiger partial charge in [0.15, 0.2) is 0 Å². The Morgan fingerprint density at radius 3 is 1.05 bits per heavy atom. The van der Waals surface area contributed by atoms with Gasteiger partial charge in [0.2, 0.25) is 0 Å². The molecule has 0 amide bonds. The third-order valence-corrected chi connectivity index (χ3v) is 4.15. The SMILES string of the molecule is COc1cc(OC)cc(Pc2cc(OC)cc(OC)c2)c1. The number of rotatable bonds is 6. The molecule has 0 N–H and O–H groups in total. The summed E-state index contributed by atoms with van der Waals surface area (Å²) in [5.74, 6) is 3.14. The van der Waals surface area contributed by atoms with Gasteiger partial charge in [0.1, 0.15) is 23.0 Å². The highest BCUT2D eigenvalue weighted by Crippen LogP contribution is 2.26. The average Bonchev–Trinajstić information content (AvgIpc) is 2.53. The van der Waals surface area contributed by atoms with Crippen molar-refractivity contribution in [2.75, 3.05) is 28.4 Å². The summed E-state index contributed by atoms with van der Waals surface area (Å²) in [6.07, 6.45) is 0. The van der Waals surface area contributed by atoms with Gasteiger partial charge >= 0.3 is 0 Å². The van der Waals surface area contributed by atoms with Crippen LogP contribution in [0.5, 0.6) is 23.0 Å². The van der Waals surface area contributed by atoms with Crippen LogP contribution in [0.2, 0.25) is 0 Å². The van der Waals surface area contributed by atoms with Crippen molar-refractivity contribution in [1.82, 2.24) is 0 Å². The second-order valence-corrected chi connectivity index (χ2v) is 5.73. The van der Waals surface area contributed by atoms with E-state index in [0.717, 1.165) is 33.6 Å². The molecule has 0 aliphatic heterocycles. The van der Waals surface area contributed by atoms with Crippen LogP contribution < -0.4 is 29.6 Å². The zero-order valence-corrected chi connectivity index (χ0v) is 13.6. The number of methoxy groups -OCH3 is 4. The molecule has 0 saturated heterocycles. The minimum Gasteiger partial charge on any atom is -0.497 e. The smallest absolute Gasteiger partial charge is 0.123 e. The molecule has 5 heteroatoms. The van der Waals surface area contributed by atoms with Gasteiger partial charge in [-0.2, -0.15) is 0 Å². The van der Waals surface area contributed by atoms with Gasteiger partial charge < -0.3 is 18.9 Å². The topological polar surface area (TPSA) is 36.9 Å². The van der Waals surface area contributed by atoms with Crippen molar-refractivity contribution in [2.24, 2.45) is 0 Å². The summed E-state index contributed by atoms with van der Waals surface area (Å²) in [5.41, 5.74) is 0. The van der Waals surface area contributed by atoms with E-state index >= 15 is 0 Å². The fraction of sp³-hybridized carbons (Fsp3) is 0.250. The first kappa shape index (κ1) is 15.5. The lowest BCUT2D eigenvalue weighted by Gasteiger charge is -2.11. The Balaban J connectivity index is 2.32. The fourth-order valence-corrected chi connectivity index (χ4v) is 3.12. The van der Waals surface area contributed by atoms with Crippen LogP contribution in [0.15, 0.2) is 36.4 Å². The maximum Gasteiger partial charge on any atom is 0.123 e. The Labute approximate surface area is 126 Å². The summed E-state index contributed by atoms with van der Waals surface area (Å²) < 4.78 is 21.2. The van der Waals surface area contributed by atoms with E-state index < -0.39 is 0 Å². The zero-order valence-electron chi connectivity index (χ0n) is 12.6. The van der Waals surface area contributed by atoms with Crippen molar-refractivity contribution in [2.45, 2.75) is 0 Å². The summed E-state index contributed by atoms with van der Waals surface area (Å²) in [4.78, 5) is 0. The lowest BCUT2D eigenvalue weighted by Crippen LogP contribution is -2.06. The van der Waals surface area contributed by atoms with Gasteiger partial charge in [-0.05, 0) is 34.9 Å². The van der Waals surface area contributed by atoms with Gasteiger partial charge in [-0.1, -0.05) is 8.58 Å². The molecule has 0 bridgehead atoms. The van der Waals surface area contributed by atoms with E-state index in [1.54, 1.807) is 28.4 Å². The number of benzene rings is 2. The Kier molecular flexibility index (Phi) is 5.29. The molecule has 0 saturated carbocycles. The first-order valence-electron chi connectivity index (χ1n) is 6.41. The molecular formula is C16H19O4P. The molecule has 0 aliphatic rings. The van der Waals surface area contributed by atoms with Crippen LogP contribution in [0.1, 0.15) is 0 Å². The van der Waals surface area contributed by atoms with E-state index in [9.17, 15) is 0 Å². The van der Waals surface area contributed by atoms with E-state index in [-0.39, 0.29) is 0 Å². The minimum absolute atomic E-state index is 0.454. The highest BCUT2D eigenvalue weighted by atomic mass is 31.1. The van der Waals surface area contributed by atoms with Gasteiger partial charge in [-0.25, -0.2) is 0 Å². The molecule has 4 nitrogen and oxygen atoms in total. The molecule has 0 radical (unpaired) electrons. The maximum atomic E-state index is 5.30. The van der Waals surface area contributed by atoms with Crippen molar-refractivity contribution < 1.29 is 18.9 Å². The van der Waals surface area contributed by atoms with Crippen molar-refractivity contribution in [1.29, 1.82) is 0 Å². The normalized spacial score (nSPS) is 10.1. The number of ether oxygens (including phenoxy) is 4. The van der Waals surface area contributed by atoms with Gasteiger partial charge in [0.05, 0.1) is 28.4 Å². The lowest BCUT2D eigenvalue weighted by atomic mass is 10.3. The Morgan fingerprint density at radius 2 is 0.810 bits per heavy atom. The van der Waals surface area contributed by atoms with E-state index in [0.29, 0.717) is 8.58 Å². The van der Waals surface area contributed by atoms with E-state index in [4.69, 9.17) is 18.9 Å². The number of hydrogen-bond donors (Lipinski definition) is 0. The molecule has 0 atom stereocenters. The van der Waals surface area contributed by atoms with Crippen LogP contribution in [0.25, 0.3) is 0 Å². The van der Waals surface area contributed by atoms with Crippen molar-refractivity contribution in [3.63, 3.8) is 0 Å². The molecule has 0 aromatic heterocycles. The van der Waals surface area contributed by atoms with E-state index in [2.05, 4.69) is 0 Å². The first-order chi connectivity index (χ1) is 10.2. The van der Waals surface area contributed by atoms with Crippen molar-refractivity contribution >= 4 is 19.2 Å². The molecule has 0 spiro atoms. The summed E-state index contributed by atoms with van der Waals surface area (Å²) in [7, 11) is 7.05. The quantitative estimate of drug-likeness (QED) is 0.768. The summed E-state index contributed by atoms with van der Waals surface area (Å²) >= 11 is 0. The van der Waals surface area contributed by atoms with Crippen LogP contribution in [0.4, 0.5) is 0 Å². The van der Waals surface area contributed by atoms with Crippen LogP contribution in [0.3, 0.4) is 0 Å². The van der Waals surface area contributed by atoms with Gasteiger partial charge in [-0.3, -0.25) is 0 Å². The third-order valence-electron chi connectivity index (χ3n) is 2.99. The number of hydrogen-bond acceptors (Lipinski definition) is 4. The zero-order chi connectivity index (χ0) is 15.2. The van der Waals surface area contributed by atoms with Crippen molar-refractivity contribution in [3.8, 4) is 23.0 Å². The van der Waals surface area contributed by atoms with Crippen LogP contribution >= 0.6 is 8.58 Å². The Bertz CT molecular complexity index is 515. The summed E-state index contributed by atoms with van der Waals surface area (Å²) in [6.45, 7) is 0. The molecule has 0 heterocycles. The predicted molar refractivity (Wildman–Crippen MR) is 86.7 cm³/mol. The lowest BCUT2D eigenvalue weighted by molar-refractivity contribution is 0.395. The monoisotopic (exact) mass is 306 g/mol. The molecular weight excluding hydrogens is 287 g/mol. The standard InChI is InChI=1S/C16H19O4P/c1-17-11-5-12(18-2)8-15(7-11)21-16-9-13(19-3)6-14(10-16)20-4/h5-10,21H,1-4H3. The highest BCUT2D eigenvalue weighted by Gasteiger charge is 2.06. The van der Waals surface area contributed by atoms with Gasteiger partial charge in [-0.15, -0.1) is 0 Å². The molecule has 2 aromatic rings. The fourth-order valence-electron chi connectivity index (χ4n) is 1.93. The van der Waals surface area contributed by atoms with Crippen LogP contribution in [0, 0.1) is 0 Å².